The largest absolute Gasteiger partial charge is 0.321 e. The lowest BCUT2D eigenvalue weighted by atomic mass is 9.87. The highest BCUT2D eigenvalue weighted by molar-refractivity contribution is 5.94. The summed E-state index contributed by atoms with van der Waals surface area (Å²) in [6, 6.07) is 10.4. The fraction of sp³-hybridized carbons (Fsp3) is 0.562. The third-order valence-electron chi connectivity index (χ3n) is 3.68. The van der Waals surface area contributed by atoms with E-state index in [2.05, 4.69) is 38.1 Å². The maximum absolute atomic E-state index is 6.29. The van der Waals surface area contributed by atoms with E-state index in [1.54, 1.807) is 0 Å². The summed E-state index contributed by atoms with van der Waals surface area (Å²) in [5, 5.41) is 0. The van der Waals surface area contributed by atoms with Gasteiger partial charge in [-0.2, -0.15) is 0 Å². The highest BCUT2D eigenvalue weighted by Crippen LogP contribution is 2.29. The molecule has 0 heterocycles. The molecule has 98 valence electrons. The molecular weight excluding hydrogens is 220 g/mol. The maximum Gasteiger partial charge on any atom is 0.0640 e. The van der Waals surface area contributed by atoms with Crippen LogP contribution in [0.2, 0.25) is 0 Å². The molecule has 0 atom stereocenters. The van der Waals surface area contributed by atoms with Crippen LogP contribution in [0.5, 0.6) is 0 Å². The first-order valence-electron chi connectivity index (χ1n) is 6.95. The Labute approximate surface area is 110 Å². The Morgan fingerprint density at radius 1 is 1.22 bits per heavy atom. The minimum atomic E-state index is -0.288. The summed E-state index contributed by atoms with van der Waals surface area (Å²) in [4.78, 5) is 4.84. The Balaban J connectivity index is 2.13. The molecule has 0 amide bonds. The molecular formula is C16H24N2. The molecule has 0 saturated heterocycles. The van der Waals surface area contributed by atoms with Crippen LogP contribution in [-0.2, 0) is 6.54 Å². The molecule has 0 bridgehead atoms. The van der Waals surface area contributed by atoms with Crippen molar-refractivity contribution in [1.82, 2.24) is 0 Å². The summed E-state index contributed by atoms with van der Waals surface area (Å²) >= 11 is 0. The van der Waals surface area contributed by atoms with Gasteiger partial charge in [0.25, 0.3) is 0 Å². The van der Waals surface area contributed by atoms with Crippen molar-refractivity contribution >= 4 is 5.71 Å². The van der Waals surface area contributed by atoms with Crippen molar-refractivity contribution in [3.05, 3.63) is 35.9 Å². The number of nitrogens with zero attached hydrogens (tertiary/aromatic N) is 1. The molecule has 0 spiro atoms. The molecule has 1 aromatic carbocycles. The molecule has 1 saturated carbocycles. The summed E-state index contributed by atoms with van der Waals surface area (Å²) in [5.41, 5.74) is 8.48. The Morgan fingerprint density at radius 2 is 1.83 bits per heavy atom. The van der Waals surface area contributed by atoms with Crippen LogP contribution in [0.3, 0.4) is 0 Å². The second-order valence-electron chi connectivity index (χ2n) is 5.89. The Morgan fingerprint density at radius 3 is 2.39 bits per heavy atom. The van der Waals surface area contributed by atoms with E-state index in [1.807, 2.05) is 6.07 Å². The lowest BCUT2D eigenvalue weighted by Gasteiger charge is -2.26. The van der Waals surface area contributed by atoms with Gasteiger partial charge >= 0.3 is 0 Å². The van der Waals surface area contributed by atoms with E-state index in [0.717, 1.165) is 6.54 Å². The van der Waals surface area contributed by atoms with Crippen LogP contribution < -0.4 is 5.73 Å². The maximum atomic E-state index is 6.29. The molecule has 2 heteroatoms. The van der Waals surface area contributed by atoms with Gasteiger partial charge in [0.05, 0.1) is 6.54 Å². The first-order chi connectivity index (χ1) is 8.57. The zero-order chi connectivity index (χ0) is 13.0. The number of aliphatic imine (C=N–C) groups is 1. The lowest BCUT2D eigenvalue weighted by molar-refractivity contribution is 0.605. The van der Waals surface area contributed by atoms with E-state index in [-0.39, 0.29) is 5.54 Å². The third-order valence-corrected chi connectivity index (χ3v) is 3.68. The van der Waals surface area contributed by atoms with Crippen LogP contribution in [0.25, 0.3) is 0 Å². The quantitative estimate of drug-likeness (QED) is 0.808. The molecule has 1 fully saturated rings. The Kier molecular flexibility index (Phi) is 4.18. The standard InChI is InChI=1S/C16H24N2/c1-16(2,17)15(14-10-6-7-11-14)18-12-13-8-4-3-5-9-13/h3-5,8-9,14H,6-7,10-12,17H2,1-2H3. The zero-order valence-corrected chi connectivity index (χ0v) is 11.5. The molecule has 2 nitrogen and oxygen atoms in total. The number of nitrogens with two attached hydrogens (primary N) is 1. The van der Waals surface area contributed by atoms with E-state index in [9.17, 15) is 0 Å². The van der Waals surface area contributed by atoms with Gasteiger partial charge in [0.15, 0.2) is 0 Å². The third kappa shape index (κ3) is 3.42. The number of rotatable bonds is 4. The first-order valence-corrected chi connectivity index (χ1v) is 6.95. The van der Waals surface area contributed by atoms with Gasteiger partial charge in [0.2, 0.25) is 0 Å². The molecule has 0 unspecified atom stereocenters. The Hall–Kier alpha value is -1.15. The van der Waals surface area contributed by atoms with Gasteiger partial charge in [-0.1, -0.05) is 43.2 Å². The van der Waals surface area contributed by atoms with Gasteiger partial charge in [0, 0.05) is 11.3 Å². The van der Waals surface area contributed by atoms with Crippen LogP contribution in [0, 0.1) is 5.92 Å². The molecule has 18 heavy (non-hydrogen) atoms. The smallest absolute Gasteiger partial charge is 0.0640 e. The van der Waals surface area contributed by atoms with E-state index in [0.29, 0.717) is 5.92 Å². The number of hydrogen-bond acceptors (Lipinski definition) is 2. The Bertz CT molecular complexity index is 395. The monoisotopic (exact) mass is 244 g/mol. The van der Waals surface area contributed by atoms with E-state index in [4.69, 9.17) is 10.7 Å². The van der Waals surface area contributed by atoms with Gasteiger partial charge in [-0.3, -0.25) is 4.99 Å². The SMILES string of the molecule is CC(C)(N)C(=NCc1ccccc1)C1CCCC1. The fourth-order valence-corrected chi connectivity index (χ4v) is 2.82. The van der Waals surface area contributed by atoms with Crippen LogP contribution in [0.4, 0.5) is 0 Å². The van der Waals surface area contributed by atoms with Gasteiger partial charge in [0.1, 0.15) is 0 Å². The predicted molar refractivity (Wildman–Crippen MR) is 77.8 cm³/mol. The molecule has 0 aliphatic heterocycles. The van der Waals surface area contributed by atoms with Crippen molar-refractivity contribution in [3.63, 3.8) is 0 Å². The van der Waals surface area contributed by atoms with Crippen molar-refractivity contribution in [2.24, 2.45) is 16.6 Å². The predicted octanol–water partition coefficient (Wildman–Crippen LogP) is 3.56. The fourth-order valence-electron chi connectivity index (χ4n) is 2.82. The second-order valence-corrected chi connectivity index (χ2v) is 5.89. The summed E-state index contributed by atoms with van der Waals surface area (Å²) in [6.45, 7) is 4.91. The average Bonchev–Trinajstić information content (AvgIpc) is 2.82. The summed E-state index contributed by atoms with van der Waals surface area (Å²) in [6.07, 6.45) is 5.17. The summed E-state index contributed by atoms with van der Waals surface area (Å²) in [7, 11) is 0. The molecule has 0 radical (unpaired) electrons. The van der Waals surface area contributed by atoms with Crippen LogP contribution in [0.15, 0.2) is 35.3 Å². The topological polar surface area (TPSA) is 38.4 Å². The van der Waals surface area contributed by atoms with Crippen molar-refractivity contribution in [1.29, 1.82) is 0 Å². The highest BCUT2D eigenvalue weighted by Gasteiger charge is 2.29. The molecule has 0 aromatic heterocycles. The molecule has 1 aromatic rings. The van der Waals surface area contributed by atoms with Gasteiger partial charge < -0.3 is 5.73 Å². The van der Waals surface area contributed by atoms with Gasteiger partial charge in [-0.25, -0.2) is 0 Å². The summed E-state index contributed by atoms with van der Waals surface area (Å²) in [5.74, 6) is 0.605. The minimum Gasteiger partial charge on any atom is -0.321 e. The van der Waals surface area contributed by atoms with Crippen molar-refractivity contribution in [3.8, 4) is 0 Å². The molecule has 2 N–H and O–H groups in total. The van der Waals surface area contributed by atoms with Crippen molar-refractivity contribution in [2.75, 3.05) is 0 Å². The second kappa shape index (κ2) is 5.66. The normalized spacial score (nSPS) is 18.3. The first kappa shape index (κ1) is 13.3. The number of benzene rings is 1. The molecule has 2 rings (SSSR count). The van der Waals surface area contributed by atoms with Crippen molar-refractivity contribution in [2.45, 2.75) is 51.6 Å². The lowest BCUT2D eigenvalue weighted by Crippen LogP contribution is -2.45. The van der Waals surface area contributed by atoms with Crippen LogP contribution >= 0.6 is 0 Å². The van der Waals surface area contributed by atoms with Crippen molar-refractivity contribution < 1.29 is 0 Å². The van der Waals surface area contributed by atoms with E-state index >= 15 is 0 Å². The zero-order valence-electron chi connectivity index (χ0n) is 11.5. The van der Waals surface area contributed by atoms with Crippen LogP contribution in [-0.4, -0.2) is 11.3 Å². The minimum absolute atomic E-state index is 0.288. The van der Waals surface area contributed by atoms with Crippen LogP contribution in [0.1, 0.15) is 45.1 Å². The van der Waals surface area contributed by atoms with Gasteiger partial charge in [-0.15, -0.1) is 0 Å². The van der Waals surface area contributed by atoms with E-state index < -0.39 is 0 Å². The number of hydrogen-bond donors (Lipinski definition) is 1. The molecule has 1 aliphatic rings. The summed E-state index contributed by atoms with van der Waals surface area (Å²) < 4.78 is 0. The average molecular weight is 244 g/mol. The highest BCUT2D eigenvalue weighted by atomic mass is 14.8. The van der Waals surface area contributed by atoms with E-state index in [1.165, 1.54) is 37.0 Å². The van der Waals surface area contributed by atoms with Gasteiger partial charge in [-0.05, 0) is 38.2 Å². The molecule has 1 aliphatic carbocycles.